The Bertz CT molecular complexity index is 408. The minimum atomic E-state index is -0.0365. The van der Waals surface area contributed by atoms with E-state index in [9.17, 15) is 4.79 Å². The van der Waals surface area contributed by atoms with Crippen molar-refractivity contribution in [2.75, 3.05) is 32.7 Å². The highest BCUT2D eigenvalue weighted by Crippen LogP contribution is 2.11. The van der Waals surface area contributed by atoms with E-state index in [0.717, 1.165) is 57.7 Å². The first-order valence-electron chi connectivity index (χ1n) is 7.61. The third-order valence-electron chi connectivity index (χ3n) is 3.98. The summed E-state index contributed by atoms with van der Waals surface area (Å²) in [6, 6.07) is 0.488. The van der Waals surface area contributed by atoms with E-state index in [1.165, 1.54) is 0 Å². The molecule has 2 heterocycles. The molecular weight excluding hydrogens is 252 g/mol. The van der Waals surface area contributed by atoms with Crippen LogP contribution in [0, 0.1) is 0 Å². The van der Waals surface area contributed by atoms with Crippen LogP contribution < -0.4 is 5.73 Å². The van der Waals surface area contributed by atoms with Crippen molar-refractivity contribution in [3.8, 4) is 0 Å². The van der Waals surface area contributed by atoms with Crippen LogP contribution in [0.2, 0.25) is 0 Å². The summed E-state index contributed by atoms with van der Waals surface area (Å²) in [5.41, 5.74) is 7.23. The maximum atomic E-state index is 12.2. The molecule has 0 spiro atoms. The van der Waals surface area contributed by atoms with Crippen LogP contribution in [0.3, 0.4) is 0 Å². The number of rotatable bonds is 3. The van der Waals surface area contributed by atoms with Gasteiger partial charge < -0.3 is 10.6 Å². The maximum Gasteiger partial charge on any atom is 0.269 e. The monoisotopic (exact) mass is 278 g/mol. The normalized spacial score (nSPS) is 22.1. The Morgan fingerprint density at radius 3 is 2.60 bits per heavy atom. The Morgan fingerprint density at radius 2 is 1.95 bits per heavy atom. The lowest BCUT2D eigenvalue weighted by atomic mass is 10.2. The number of likely N-dealkylation sites (tertiary alicyclic amines) is 1. The molecule has 1 amide bonds. The van der Waals surface area contributed by atoms with Crippen molar-refractivity contribution in [2.45, 2.75) is 39.2 Å². The van der Waals surface area contributed by atoms with Gasteiger partial charge in [-0.25, -0.2) is 0 Å². The Labute approximate surface area is 121 Å². The molecule has 0 aromatic heterocycles. The third-order valence-corrected chi connectivity index (χ3v) is 3.98. The lowest BCUT2D eigenvalue weighted by Crippen LogP contribution is -2.36. The van der Waals surface area contributed by atoms with Crippen LogP contribution >= 0.6 is 0 Å². The lowest BCUT2D eigenvalue weighted by molar-refractivity contribution is -0.126. The van der Waals surface area contributed by atoms with E-state index in [2.05, 4.69) is 23.7 Å². The Kier molecular flexibility index (Phi) is 5.17. The second-order valence-electron chi connectivity index (χ2n) is 5.89. The molecule has 2 aliphatic rings. The Morgan fingerprint density at radius 1 is 1.25 bits per heavy atom. The van der Waals surface area contributed by atoms with Crippen LogP contribution in [0.25, 0.3) is 0 Å². The zero-order valence-electron chi connectivity index (χ0n) is 12.6. The Hall–Kier alpha value is -1.36. The van der Waals surface area contributed by atoms with E-state index >= 15 is 0 Å². The van der Waals surface area contributed by atoms with Gasteiger partial charge in [0.25, 0.3) is 5.91 Å². The van der Waals surface area contributed by atoms with Gasteiger partial charge in [0.05, 0.1) is 11.4 Å². The molecule has 0 radical (unpaired) electrons. The summed E-state index contributed by atoms with van der Waals surface area (Å²) in [4.78, 5) is 20.9. The smallest absolute Gasteiger partial charge is 0.269 e. The fourth-order valence-electron chi connectivity index (χ4n) is 2.71. The quantitative estimate of drug-likeness (QED) is 0.784. The van der Waals surface area contributed by atoms with Gasteiger partial charge in [-0.05, 0) is 39.2 Å². The number of carbonyl (C=O) groups is 1. The standard InChI is InChI=1S/C15H26N4O/c1-12(2)19-9-5-6-17-13(11-19)10-14(16)15(20)18-7-3-4-8-18/h10,12H,3-9,11,16H2,1-2H3/b14-10-. The van der Waals surface area contributed by atoms with E-state index in [4.69, 9.17) is 5.73 Å². The summed E-state index contributed by atoms with van der Waals surface area (Å²) in [5.74, 6) is -0.0365. The molecule has 0 unspecified atom stereocenters. The summed E-state index contributed by atoms with van der Waals surface area (Å²) in [6.45, 7) is 8.69. The minimum Gasteiger partial charge on any atom is -0.394 e. The molecule has 2 N–H and O–H groups in total. The highest BCUT2D eigenvalue weighted by Gasteiger charge is 2.21. The minimum absolute atomic E-state index is 0.0365. The first-order chi connectivity index (χ1) is 9.58. The summed E-state index contributed by atoms with van der Waals surface area (Å²) in [6.07, 6.45) is 5.01. The van der Waals surface area contributed by atoms with E-state index in [1.54, 1.807) is 6.08 Å². The third kappa shape index (κ3) is 3.82. The number of amides is 1. The highest BCUT2D eigenvalue weighted by molar-refractivity contribution is 6.04. The van der Waals surface area contributed by atoms with Crippen molar-refractivity contribution >= 4 is 11.6 Å². The number of aliphatic imine (C=N–C) groups is 1. The van der Waals surface area contributed by atoms with Gasteiger partial charge in [-0.2, -0.15) is 0 Å². The van der Waals surface area contributed by atoms with Gasteiger partial charge in [0.2, 0.25) is 0 Å². The predicted octanol–water partition coefficient (Wildman–Crippen LogP) is 1.01. The van der Waals surface area contributed by atoms with Crippen molar-refractivity contribution in [1.29, 1.82) is 0 Å². The molecule has 0 aliphatic carbocycles. The van der Waals surface area contributed by atoms with Crippen molar-refractivity contribution < 1.29 is 4.79 Å². The fourth-order valence-corrected chi connectivity index (χ4v) is 2.71. The lowest BCUT2D eigenvalue weighted by Gasteiger charge is -2.24. The number of nitrogens with two attached hydrogens (primary N) is 1. The summed E-state index contributed by atoms with van der Waals surface area (Å²) < 4.78 is 0. The maximum absolute atomic E-state index is 12.2. The van der Waals surface area contributed by atoms with E-state index in [0.29, 0.717) is 11.7 Å². The molecule has 0 bridgehead atoms. The summed E-state index contributed by atoms with van der Waals surface area (Å²) >= 11 is 0. The van der Waals surface area contributed by atoms with Gasteiger partial charge in [0.1, 0.15) is 0 Å². The molecule has 20 heavy (non-hydrogen) atoms. The first-order valence-corrected chi connectivity index (χ1v) is 7.61. The molecule has 1 fully saturated rings. The molecule has 112 valence electrons. The van der Waals surface area contributed by atoms with Crippen LogP contribution in [-0.2, 0) is 4.79 Å². The summed E-state index contributed by atoms with van der Waals surface area (Å²) in [5, 5.41) is 0. The zero-order chi connectivity index (χ0) is 14.5. The first kappa shape index (κ1) is 15.0. The number of hydrogen-bond acceptors (Lipinski definition) is 4. The molecule has 5 heteroatoms. The van der Waals surface area contributed by atoms with Crippen LogP contribution in [0.4, 0.5) is 0 Å². The van der Waals surface area contributed by atoms with Crippen molar-refractivity contribution in [3.05, 3.63) is 11.8 Å². The number of carbonyl (C=O) groups excluding carboxylic acids is 1. The van der Waals surface area contributed by atoms with Crippen molar-refractivity contribution in [2.24, 2.45) is 10.7 Å². The van der Waals surface area contributed by atoms with Gasteiger partial charge in [-0.15, -0.1) is 0 Å². The van der Waals surface area contributed by atoms with E-state index in [-0.39, 0.29) is 5.91 Å². The molecule has 0 aromatic rings. The van der Waals surface area contributed by atoms with Gasteiger partial charge in [0.15, 0.2) is 0 Å². The van der Waals surface area contributed by atoms with Gasteiger partial charge >= 0.3 is 0 Å². The van der Waals surface area contributed by atoms with E-state index < -0.39 is 0 Å². The molecule has 1 saturated heterocycles. The predicted molar refractivity (Wildman–Crippen MR) is 81.7 cm³/mol. The fraction of sp³-hybridized carbons (Fsp3) is 0.733. The second kappa shape index (κ2) is 6.88. The SMILES string of the molecule is CC(C)N1CCCN=C(/C=C(\N)C(=O)N2CCCC2)C1. The molecule has 2 rings (SSSR count). The molecule has 2 aliphatic heterocycles. The Balaban J connectivity index is 2.03. The van der Waals surface area contributed by atoms with Gasteiger partial charge in [-0.1, -0.05) is 0 Å². The van der Waals surface area contributed by atoms with Crippen LogP contribution in [0.1, 0.15) is 33.1 Å². The number of nitrogens with zero attached hydrogens (tertiary/aromatic N) is 3. The van der Waals surface area contributed by atoms with Gasteiger partial charge in [-0.3, -0.25) is 14.7 Å². The van der Waals surface area contributed by atoms with Crippen molar-refractivity contribution in [1.82, 2.24) is 9.80 Å². The van der Waals surface area contributed by atoms with E-state index in [1.807, 2.05) is 4.90 Å². The molecule has 5 nitrogen and oxygen atoms in total. The molecule has 0 aromatic carbocycles. The average molecular weight is 278 g/mol. The van der Waals surface area contributed by atoms with Gasteiger partial charge in [0, 0.05) is 38.8 Å². The zero-order valence-corrected chi connectivity index (χ0v) is 12.6. The molecular formula is C15H26N4O. The highest BCUT2D eigenvalue weighted by atomic mass is 16.2. The molecule has 0 atom stereocenters. The van der Waals surface area contributed by atoms with Crippen molar-refractivity contribution in [3.63, 3.8) is 0 Å². The second-order valence-corrected chi connectivity index (χ2v) is 5.89. The largest absolute Gasteiger partial charge is 0.394 e. The van der Waals surface area contributed by atoms with Crippen LogP contribution in [-0.4, -0.2) is 60.2 Å². The summed E-state index contributed by atoms with van der Waals surface area (Å²) in [7, 11) is 0. The van der Waals surface area contributed by atoms with Crippen LogP contribution in [0.15, 0.2) is 16.8 Å². The average Bonchev–Trinajstić information content (AvgIpc) is 2.84. The number of hydrogen-bond donors (Lipinski definition) is 1. The molecule has 0 saturated carbocycles. The topological polar surface area (TPSA) is 61.9 Å². The van der Waals surface area contributed by atoms with Crippen LogP contribution in [0.5, 0.6) is 0 Å².